The molecule has 2 N–H and O–H groups in total. The SMILES string of the molecule is Cc1ccc(C)c2[nH]c(=O)c(CN(CCO)Cc3nnnn3C3CCCCC3)cc12. The van der Waals surface area contributed by atoms with Crippen LogP contribution in [0.15, 0.2) is 23.0 Å². The van der Waals surface area contributed by atoms with Crippen molar-refractivity contribution in [1.29, 1.82) is 0 Å². The van der Waals surface area contributed by atoms with E-state index in [4.69, 9.17) is 0 Å². The molecule has 0 bridgehead atoms. The molecule has 0 radical (unpaired) electrons. The van der Waals surface area contributed by atoms with Crippen molar-refractivity contribution in [3.63, 3.8) is 0 Å². The van der Waals surface area contributed by atoms with Gasteiger partial charge in [-0.2, -0.15) is 0 Å². The molecule has 1 fully saturated rings. The van der Waals surface area contributed by atoms with Gasteiger partial charge in [0.1, 0.15) is 0 Å². The van der Waals surface area contributed by atoms with Crippen LogP contribution in [0.25, 0.3) is 10.9 Å². The lowest BCUT2D eigenvalue weighted by Crippen LogP contribution is -2.31. The van der Waals surface area contributed by atoms with Crippen LogP contribution >= 0.6 is 0 Å². The summed E-state index contributed by atoms with van der Waals surface area (Å²) in [5, 5.41) is 23.0. The van der Waals surface area contributed by atoms with Gasteiger partial charge in [0.15, 0.2) is 5.82 Å². The van der Waals surface area contributed by atoms with Crippen molar-refractivity contribution in [3.05, 3.63) is 51.1 Å². The highest BCUT2D eigenvalue weighted by Gasteiger charge is 2.22. The lowest BCUT2D eigenvalue weighted by atomic mass is 9.95. The second-order valence-electron chi connectivity index (χ2n) is 8.38. The smallest absolute Gasteiger partial charge is 0.252 e. The summed E-state index contributed by atoms with van der Waals surface area (Å²) in [4.78, 5) is 17.8. The van der Waals surface area contributed by atoms with E-state index in [1.165, 1.54) is 19.3 Å². The Morgan fingerprint density at radius 2 is 1.93 bits per heavy atom. The van der Waals surface area contributed by atoms with Gasteiger partial charge in [-0.05, 0) is 54.3 Å². The molecule has 0 saturated heterocycles. The summed E-state index contributed by atoms with van der Waals surface area (Å²) in [7, 11) is 0. The normalized spacial score (nSPS) is 15.3. The number of aryl methyl sites for hydroxylation is 2. The molecule has 0 aliphatic heterocycles. The Morgan fingerprint density at radius 3 is 2.70 bits per heavy atom. The quantitative estimate of drug-likeness (QED) is 0.621. The first-order chi connectivity index (χ1) is 14.6. The predicted octanol–water partition coefficient (Wildman–Crippen LogP) is 2.63. The molecule has 1 aliphatic rings. The van der Waals surface area contributed by atoms with Gasteiger partial charge in [-0.3, -0.25) is 9.69 Å². The molecular weight excluding hydrogens is 380 g/mol. The maximum absolute atomic E-state index is 12.8. The van der Waals surface area contributed by atoms with E-state index < -0.39 is 0 Å². The first kappa shape index (κ1) is 20.7. The van der Waals surface area contributed by atoms with Gasteiger partial charge in [-0.15, -0.1) is 5.10 Å². The maximum atomic E-state index is 12.8. The molecule has 0 amide bonds. The Balaban J connectivity index is 1.59. The van der Waals surface area contributed by atoms with Crippen LogP contribution in [0.1, 0.15) is 60.7 Å². The van der Waals surface area contributed by atoms with E-state index in [0.29, 0.717) is 31.2 Å². The van der Waals surface area contributed by atoms with E-state index in [0.717, 1.165) is 40.7 Å². The Hall–Kier alpha value is -2.58. The van der Waals surface area contributed by atoms with Crippen LogP contribution in [-0.4, -0.2) is 48.3 Å². The van der Waals surface area contributed by atoms with Crippen LogP contribution in [-0.2, 0) is 13.1 Å². The third-order valence-electron chi connectivity index (χ3n) is 6.18. The van der Waals surface area contributed by atoms with Crippen molar-refractivity contribution in [2.45, 2.75) is 65.1 Å². The van der Waals surface area contributed by atoms with Crippen LogP contribution in [0.5, 0.6) is 0 Å². The molecular formula is C22H30N6O2. The molecule has 30 heavy (non-hydrogen) atoms. The average molecular weight is 411 g/mol. The first-order valence-corrected chi connectivity index (χ1v) is 10.8. The minimum absolute atomic E-state index is 0.00855. The van der Waals surface area contributed by atoms with Crippen molar-refractivity contribution in [2.24, 2.45) is 0 Å². The maximum Gasteiger partial charge on any atom is 0.252 e. The third-order valence-corrected chi connectivity index (χ3v) is 6.18. The van der Waals surface area contributed by atoms with Crippen LogP contribution in [0.3, 0.4) is 0 Å². The zero-order chi connectivity index (χ0) is 21.1. The number of tetrazole rings is 1. The molecule has 1 saturated carbocycles. The summed E-state index contributed by atoms with van der Waals surface area (Å²) in [5.74, 6) is 0.791. The summed E-state index contributed by atoms with van der Waals surface area (Å²) >= 11 is 0. The van der Waals surface area contributed by atoms with E-state index in [1.54, 1.807) is 0 Å². The van der Waals surface area contributed by atoms with Crippen molar-refractivity contribution < 1.29 is 5.11 Å². The van der Waals surface area contributed by atoms with Gasteiger partial charge in [0, 0.05) is 24.0 Å². The van der Waals surface area contributed by atoms with Crippen LogP contribution in [0.4, 0.5) is 0 Å². The van der Waals surface area contributed by atoms with Crippen molar-refractivity contribution in [2.75, 3.05) is 13.2 Å². The second-order valence-corrected chi connectivity index (χ2v) is 8.38. The minimum atomic E-state index is -0.0917. The highest BCUT2D eigenvalue weighted by molar-refractivity contribution is 5.85. The monoisotopic (exact) mass is 410 g/mol. The number of H-pyrrole nitrogens is 1. The number of aliphatic hydroxyl groups is 1. The third kappa shape index (κ3) is 4.29. The average Bonchev–Trinajstić information content (AvgIpc) is 3.21. The molecule has 0 spiro atoms. The molecule has 4 rings (SSSR count). The molecule has 3 aromatic rings. The molecule has 160 valence electrons. The number of benzene rings is 1. The van der Waals surface area contributed by atoms with Crippen molar-refractivity contribution in [1.82, 2.24) is 30.1 Å². The molecule has 8 nitrogen and oxygen atoms in total. The largest absolute Gasteiger partial charge is 0.395 e. The summed E-state index contributed by atoms with van der Waals surface area (Å²) in [6, 6.07) is 6.42. The van der Waals surface area contributed by atoms with E-state index >= 15 is 0 Å². The number of hydrogen-bond donors (Lipinski definition) is 2. The van der Waals surface area contributed by atoms with Gasteiger partial charge < -0.3 is 10.1 Å². The number of rotatable bonds is 7. The highest BCUT2D eigenvalue weighted by atomic mass is 16.3. The summed E-state index contributed by atoms with van der Waals surface area (Å²) in [6.07, 6.45) is 5.88. The summed E-state index contributed by atoms with van der Waals surface area (Å²) in [5.41, 5.74) is 3.66. The van der Waals surface area contributed by atoms with Gasteiger partial charge in [0.05, 0.1) is 24.7 Å². The number of pyridine rings is 1. The van der Waals surface area contributed by atoms with Gasteiger partial charge in [0.25, 0.3) is 5.56 Å². The van der Waals surface area contributed by atoms with Crippen LogP contribution in [0.2, 0.25) is 0 Å². The molecule has 2 heterocycles. The standard InChI is InChI=1S/C22H30N6O2/c1-15-8-9-16(2)21-19(15)12-17(22(30)23-21)13-27(10-11-29)14-20-24-25-26-28(20)18-6-4-3-5-7-18/h8-9,12,18,29H,3-7,10-11,13-14H2,1-2H3,(H,23,30). The minimum Gasteiger partial charge on any atom is -0.395 e. The number of aromatic nitrogens is 5. The van der Waals surface area contributed by atoms with E-state index in [1.807, 2.05) is 35.6 Å². The Labute approximate surface area is 175 Å². The van der Waals surface area contributed by atoms with Crippen molar-refractivity contribution >= 4 is 10.9 Å². The zero-order valence-electron chi connectivity index (χ0n) is 17.8. The molecule has 8 heteroatoms. The summed E-state index contributed by atoms with van der Waals surface area (Å²) in [6.45, 7) is 5.43. The number of hydrogen-bond acceptors (Lipinski definition) is 6. The van der Waals surface area contributed by atoms with E-state index in [2.05, 4.69) is 26.6 Å². The number of aromatic amines is 1. The topological polar surface area (TPSA) is 99.9 Å². The Kier molecular flexibility index (Phi) is 6.24. The molecule has 1 aromatic carbocycles. The number of nitrogens with zero attached hydrogens (tertiary/aromatic N) is 5. The lowest BCUT2D eigenvalue weighted by molar-refractivity contribution is 0.175. The van der Waals surface area contributed by atoms with Gasteiger partial charge in [-0.1, -0.05) is 31.4 Å². The van der Waals surface area contributed by atoms with E-state index in [-0.39, 0.29) is 12.2 Å². The number of fused-ring (bicyclic) bond motifs is 1. The molecule has 0 unspecified atom stereocenters. The fraction of sp³-hybridized carbons (Fsp3) is 0.545. The number of nitrogens with one attached hydrogen (secondary N) is 1. The fourth-order valence-corrected chi connectivity index (χ4v) is 4.46. The Morgan fingerprint density at radius 1 is 1.17 bits per heavy atom. The predicted molar refractivity (Wildman–Crippen MR) is 115 cm³/mol. The van der Waals surface area contributed by atoms with Crippen LogP contribution in [0, 0.1) is 13.8 Å². The van der Waals surface area contributed by atoms with Gasteiger partial charge in [-0.25, -0.2) is 4.68 Å². The zero-order valence-corrected chi connectivity index (χ0v) is 17.8. The van der Waals surface area contributed by atoms with Gasteiger partial charge in [0.2, 0.25) is 0 Å². The summed E-state index contributed by atoms with van der Waals surface area (Å²) < 4.78 is 1.95. The number of aliphatic hydroxyl groups excluding tert-OH is 1. The second kappa shape index (κ2) is 9.06. The van der Waals surface area contributed by atoms with E-state index in [9.17, 15) is 9.90 Å². The fourth-order valence-electron chi connectivity index (χ4n) is 4.46. The van der Waals surface area contributed by atoms with Crippen LogP contribution < -0.4 is 5.56 Å². The van der Waals surface area contributed by atoms with Crippen molar-refractivity contribution in [3.8, 4) is 0 Å². The molecule has 0 atom stereocenters. The highest BCUT2D eigenvalue weighted by Crippen LogP contribution is 2.28. The Bertz CT molecular complexity index is 1070. The van der Waals surface area contributed by atoms with Gasteiger partial charge >= 0.3 is 0 Å². The lowest BCUT2D eigenvalue weighted by Gasteiger charge is -2.25. The molecule has 1 aliphatic carbocycles. The molecule has 2 aromatic heterocycles. The first-order valence-electron chi connectivity index (χ1n) is 10.8.